The monoisotopic (exact) mass is 198 g/mol. The lowest BCUT2D eigenvalue weighted by molar-refractivity contribution is 0.320. The Morgan fingerprint density at radius 1 is 1.00 bits per heavy atom. The van der Waals surface area contributed by atoms with Crippen molar-refractivity contribution >= 4 is 0 Å². The highest BCUT2D eigenvalue weighted by Gasteiger charge is 2.14. The predicted molar refractivity (Wildman–Crippen MR) is 60.9 cm³/mol. The van der Waals surface area contributed by atoms with Gasteiger partial charge in [-0.25, -0.2) is 0 Å². The zero-order valence-electron chi connectivity index (χ0n) is 8.85. The van der Waals surface area contributed by atoms with Crippen LogP contribution in [0.4, 0.5) is 0 Å². The molecule has 0 radical (unpaired) electrons. The van der Waals surface area contributed by atoms with Gasteiger partial charge in [-0.1, -0.05) is 18.2 Å². The third kappa shape index (κ3) is 1.38. The van der Waals surface area contributed by atoms with E-state index < -0.39 is 0 Å². The van der Waals surface area contributed by atoms with Crippen molar-refractivity contribution in [2.75, 3.05) is 7.05 Å². The molecule has 0 amide bonds. The Bertz CT molecular complexity index is 485. The number of rotatable bonds is 0. The van der Waals surface area contributed by atoms with E-state index in [9.17, 15) is 0 Å². The molecule has 1 aromatic carbocycles. The Kier molecular flexibility index (Phi) is 1.89. The average molecular weight is 198 g/mol. The molecule has 76 valence electrons. The van der Waals surface area contributed by atoms with Crippen molar-refractivity contribution < 1.29 is 0 Å². The van der Waals surface area contributed by atoms with Gasteiger partial charge in [0.25, 0.3) is 0 Å². The molecule has 15 heavy (non-hydrogen) atoms. The molecule has 2 aromatic rings. The van der Waals surface area contributed by atoms with Crippen molar-refractivity contribution in [3.63, 3.8) is 0 Å². The quantitative estimate of drug-likeness (QED) is 0.631. The summed E-state index contributed by atoms with van der Waals surface area (Å²) in [7, 11) is 2.17. The van der Waals surface area contributed by atoms with Crippen LogP contribution in [0.1, 0.15) is 11.3 Å². The van der Waals surface area contributed by atoms with Crippen LogP contribution in [0, 0.1) is 0 Å². The summed E-state index contributed by atoms with van der Waals surface area (Å²) in [5, 5.41) is 0. The molecule has 2 heterocycles. The van der Waals surface area contributed by atoms with Gasteiger partial charge in [0, 0.05) is 30.7 Å². The van der Waals surface area contributed by atoms with Gasteiger partial charge >= 0.3 is 0 Å². The van der Waals surface area contributed by atoms with E-state index in [2.05, 4.69) is 59.1 Å². The molecule has 0 saturated carbocycles. The zero-order chi connectivity index (χ0) is 10.3. The van der Waals surface area contributed by atoms with Crippen LogP contribution in [0.2, 0.25) is 0 Å². The summed E-state index contributed by atoms with van der Waals surface area (Å²) in [5.41, 5.74) is 4.08. The summed E-state index contributed by atoms with van der Waals surface area (Å²) in [4.78, 5) is 2.34. The summed E-state index contributed by atoms with van der Waals surface area (Å²) in [5.74, 6) is 0. The predicted octanol–water partition coefficient (Wildman–Crippen LogP) is 2.42. The Labute approximate surface area is 89.8 Å². The van der Waals surface area contributed by atoms with Gasteiger partial charge in [0.05, 0.1) is 0 Å². The molecule has 0 N–H and O–H groups in total. The van der Waals surface area contributed by atoms with E-state index in [0.717, 1.165) is 13.1 Å². The summed E-state index contributed by atoms with van der Waals surface area (Å²) >= 11 is 0. The molecule has 2 heteroatoms. The van der Waals surface area contributed by atoms with Crippen molar-refractivity contribution in [1.82, 2.24) is 9.47 Å². The molecule has 1 aliphatic rings. The van der Waals surface area contributed by atoms with Crippen molar-refractivity contribution in [2.24, 2.45) is 0 Å². The Morgan fingerprint density at radius 2 is 1.87 bits per heavy atom. The molecule has 0 fully saturated rings. The minimum absolute atomic E-state index is 1.02. The fourth-order valence-corrected chi connectivity index (χ4v) is 2.28. The maximum Gasteiger partial charge on any atom is 0.0497 e. The van der Waals surface area contributed by atoms with Crippen molar-refractivity contribution in [2.45, 2.75) is 13.1 Å². The highest BCUT2D eigenvalue weighted by Crippen LogP contribution is 2.23. The molecule has 1 aliphatic heterocycles. The van der Waals surface area contributed by atoms with Gasteiger partial charge < -0.3 is 4.57 Å². The van der Waals surface area contributed by atoms with E-state index in [0.29, 0.717) is 0 Å². The molecule has 0 atom stereocenters. The van der Waals surface area contributed by atoms with Crippen LogP contribution in [-0.2, 0) is 13.1 Å². The summed E-state index contributed by atoms with van der Waals surface area (Å²) in [6.07, 6.45) is 2.15. The normalized spacial score (nSPS) is 15.5. The molecule has 0 aliphatic carbocycles. The van der Waals surface area contributed by atoms with Crippen LogP contribution >= 0.6 is 0 Å². The lowest BCUT2D eigenvalue weighted by atomic mass is 10.2. The second-order valence-corrected chi connectivity index (χ2v) is 4.17. The third-order valence-corrected chi connectivity index (χ3v) is 2.96. The van der Waals surface area contributed by atoms with E-state index in [4.69, 9.17) is 0 Å². The topological polar surface area (TPSA) is 8.17 Å². The number of nitrogens with zero attached hydrogens (tertiary/aromatic N) is 2. The Morgan fingerprint density at radius 3 is 2.80 bits per heavy atom. The SMILES string of the molecule is CN1Cc2ccccc2-n2cccc2C1. The summed E-state index contributed by atoms with van der Waals surface area (Å²) < 4.78 is 2.29. The van der Waals surface area contributed by atoms with Crippen molar-refractivity contribution in [1.29, 1.82) is 0 Å². The van der Waals surface area contributed by atoms with Crippen molar-refractivity contribution in [3.8, 4) is 5.69 Å². The number of hydrogen-bond donors (Lipinski definition) is 0. The standard InChI is InChI=1S/C13H14N2/c1-14-9-11-5-2-3-7-13(11)15-8-4-6-12(15)10-14/h2-8H,9-10H2,1H3. The second kappa shape index (κ2) is 3.24. The van der Waals surface area contributed by atoms with Crippen molar-refractivity contribution in [3.05, 3.63) is 53.9 Å². The van der Waals surface area contributed by atoms with Gasteiger partial charge in [-0.2, -0.15) is 0 Å². The van der Waals surface area contributed by atoms with E-state index in [1.807, 2.05) is 0 Å². The van der Waals surface area contributed by atoms with E-state index in [-0.39, 0.29) is 0 Å². The van der Waals surface area contributed by atoms with Gasteiger partial charge in [-0.05, 0) is 30.8 Å². The van der Waals surface area contributed by atoms with Crippen LogP contribution in [0.5, 0.6) is 0 Å². The van der Waals surface area contributed by atoms with Gasteiger partial charge in [0.15, 0.2) is 0 Å². The zero-order valence-corrected chi connectivity index (χ0v) is 8.85. The number of aromatic nitrogens is 1. The largest absolute Gasteiger partial charge is 0.319 e. The molecule has 0 saturated heterocycles. The maximum absolute atomic E-state index is 2.34. The Balaban J connectivity index is 2.25. The van der Waals surface area contributed by atoms with Crippen LogP contribution in [0.3, 0.4) is 0 Å². The fourth-order valence-electron chi connectivity index (χ4n) is 2.28. The highest BCUT2D eigenvalue weighted by atomic mass is 15.1. The van der Waals surface area contributed by atoms with Gasteiger partial charge in [-0.3, -0.25) is 4.90 Å². The number of para-hydroxylation sites is 1. The van der Waals surface area contributed by atoms with E-state index in [1.54, 1.807) is 0 Å². The first-order valence-corrected chi connectivity index (χ1v) is 5.27. The number of benzene rings is 1. The first kappa shape index (κ1) is 8.74. The molecular formula is C13H14N2. The summed E-state index contributed by atoms with van der Waals surface area (Å²) in [6, 6.07) is 12.9. The van der Waals surface area contributed by atoms with Crippen LogP contribution < -0.4 is 0 Å². The first-order valence-electron chi connectivity index (χ1n) is 5.27. The molecule has 0 spiro atoms. The van der Waals surface area contributed by atoms with E-state index >= 15 is 0 Å². The molecular weight excluding hydrogens is 184 g/mol. The number of fused-ring (bicyclic) bond motifs is 3. The average Bonchev–Trinajstić information content (AvgIpc) is 2.62. The molecule has 2 nitrogen and oxygen atoms in total. The Hall–Kier alpha value is -1.54. The second-order valence-electron chi connectivity index (χ2n) is 4.17. The molecule has 0 bridgehead atoms. The van der Waals surface area contributed by atoms with Crippen LogP contribution in [0.25, 0.3) is 5.69 Å². The van der Waals surface area contributed by atoms with E-state index in [1.165, 1.54) is 16.9 Å². The fraction of sp³-hybridized carbons (Fsp3) is 0.231. The molecule has 3 rings (SSSR count). The highest BCUT2D eigenvalue weighted by molar-refractivity contribution is 5.44. The number of hydrogen-bond acceptors (Lipinski definition) is 1. The minimum atomic E-state index is 1.02. The minimum Gasteiger partial charge on any atom is -0.319 e. The third-order valence-electron chi connectivity index (χ3n) is 2.96. The molecule has 0 unspecified atom stereocenters. The molecule has 1 aromatic heterocycles. The maximum atomic E-state index is 2.34. The lowest BCUT2D eigenvalue weighted by Gasteiger charge is -2.12. The smallest absolute Gasteiger partial charge is 0.0497 e. The van der Waals surface area contributed by atoms with Gasteiger partial charge in [0.2, 0.25) is 0 Å². The summed E-state index contributed by atoms with van der Waals surface area (Å²) in [6.45, 7) is 2.04. The van der Waals surface area contributed by atoms with Crippen LogP contribution in [0.15, 0.2) is 42.6 Å². The first-order chi connectivity index (χ1) is 7.34. The van der Waals surface area contributed by atoms with Gasteiger partial charge in [0.1, 0.15) is 0 Å². The van der Waals surface area contributed by atoms with Crippen LogP contribution in [-0.4, -0.2) is 16.5 Å². The van der Waals surface area contributed by atoms with Gasteiger partial charge in [-0.15, -0.1) is 0 Å². The lowest BCUT2D eigenvalue weighted by Crippen LogP contribution is -2.15.